The molecule has 0 unspecified atom stereocenters. The molecule has 1 atom stereocenters. The number of hydrogen-bond donors (Lipinski definition) is 3. The molecule has 28 heavy (non-hydrogen) atoms. The topological polar surface area (TPSA) is 132 Å². The first-order valence-corrected chi connectivity index (χ1v) is 9.63. The van der Waals surface area contributed by atoms with Crippen molar-refractivity contribution in [2.24, 2.45) is 11.7 Å². The number of nitrogens with one attached hydrogen (secondary N) is 1. The third-order valence-corrected chi connectivity index (χ3v) is 5.06. The summed E-state index contributed by atoms with van der Waals surface area (Å²) in [6.07, 6.45) is 0.748. The van der Waals surface area contributed by atoms with Crippen LogP contribution in [0.2, 0.25) is 0 Å². The van der Waals surface area contributed by atoms with Gasteiger partial charge in [-0.2, -0.15) is 0 Å². The van der Waals surface area contributed by atoms with Gasteiger partial charge in [0.2, 0.25) is 0 Å². The molecule has 0 saturated carbocycles. The maximum absolute atomic E-state index is 12.3. The molecule has 2 rings (SSSR count). The Balaban J connectivity index is 1.89. The minimum atomic E-state index is -1.02. The summed E-state index contributed by atoms with van der Waals surface area (Å²) in [5.74, 6) is -1.24. The minimum absolute atomic E-state index is 0.0682. The van der Waals surface area contributed by atoms with E-state index < -0.39 is 17.9 Å². The van der Waals surface area contributed by atoms with Crippen LogP contribution in [0, 0.1) is 5.92 Å². The number of benzene rings is 1. The maximum atomic E-state index is 12.3. The fourth-order valence-electron chi connectivity index (χ4n) is 2.68. The number of rotatable bonds is 11. The zero-order chi connectivity index (χ0) is 20.5. The predicted octanol–water partition coefficient (Wildman–Crippen LogP) is 2.47. The van der Waals surface area contributed by atoms with Crippen LogP contribution in [0.15, 0.2) is 29.6 Å². The summed E-state index contributed by atoms with van der Waals surface area (Å²) in [4.78, 5) is 38.8. The predicted molar refractivity (Wildman–Crippen MR) is 105 cm³/mol. The fourth-order valence-corrected chi connectivity index (χ4v) is 3.50. The van der Waals surface area contributed by atoms with Crippen molar-refractivity contribution in [3.63, 3.8) is 0 Å². The van der Waals surface area contributed by atoms with Crippen molar-refractivity contribution in [3.05, 3.63) is 35.3 Å². The molecule has 150 valence electrons. The Kier molecular flexibility index (Phi) is 7.94. The second-order valence-electron chi connectivity index (χ2n) is 6.26. The van der Waals surface area contributed by atoms with E-state index in [1.165, 1.54) is 11.3 Å². The maximum Gasteiger partial charge on any atom is 0.312 e. The first-order valence-electron chi connectivity index (χ1n) is 8.75. The van der Waals surface area contributed by atoms with Crippen LogP contribution in [0.4, 0.5) is 4.79 Å². The highest BCUT2D eigenvalue weighted by Crippen LogP contribution is 2.26. The van der Waals surface area contributed by atoms with Gasteiger partial charge in [-0.05, 0) is 37.1 Å². The lowest BCUT2D eigenvalue weighted by atomic mass is 9.95. The standard InChI is InChI=1S/C19H23N3O5S/c1-27-16-6-4-12(5-7-16)17-22-14(11-28-17)10-15(23)9-13(18(24)25)3-2-8-21-19(20)26/h4-7,11,13H,2-3,8-10H2,1H3,(H,24,25)(H3,20,21,26)/t13-/m0/s1. The molecule has 0 saturated heterocycles. The number of aromatic nitrogens is 1. The van der Waals surface area contributed by atoms with E-state index in [1.54, 1.807) is 7.11 Å². The van der Waals surface area contributed by atoms with Gasteiger partial charge in [0.25, 0.3) is 0 Å². The molecule has 1 heterocycles. The van der Waals surface area contributed by atoms with Gasteiger partial charge in [0.15, 0.2) is 0 Å². The summed E-state index contributed by atoms with van der Waals surface area (Å²) < 4.78 is 5.13. The number of carbonyl (C=O) groups excluding carboxylic acids is 2. The molecule has 1 aromatic carbocycles. The quantitative estimate of drug-likeness (QED) is 0.492. The average Bonchev–Trinajstić information content (AvgIpc) is 3.12. The molecule has 0 spiro atoms. The molecule has 1 aromatic heterocycles. The summed E-state index contributed by atoms with van der Waals surface area (Å²) in [6.45, 7) is 0.282. The number of thiazole rings is 1. The highest BCUT2D eigenvalue weighted by atomic mass is 32.1. The van der Waals surface area contributed by atoms with Crippen LogP contribution in [0.5, 0.6) is 5.75 Å². The highest BCUT2D eigenvalue weighted by Gasteiger charge is 2.21. The van der Waals surface area contributed by atoms with Crippen LogP contribution >= 0.6 is 11.3 Å². The summed E-state index contributed by atoms with van der Waals surface area (Å²) in [5, 5.41) is 14.3. The summed E-state index contributed by atoms with van der Waals surface area (Å²) in [6, 6.07) is 6.81. The third-order valence-electron chi connectivity index (χ3n) is 4.12. The Morgan fingerprint density at radius 2 is 2.00 bits per heavy atom. The summed E-state index contributed by atoms with van der Waals surface area (Å²) in [5.41, 5.74) is 6.51. The minimum Gasteiger partial charge on any atom is -0.497 e. The van der Waals surface area contributed by atoms with E-state index >= 15 is 0 Å². The molecule has 0 fully saturated rings. The number of methoxy groups -OCH3 is 1. The number of carboxylic acids is 1. The third kappa shape index (κ3) is 6.66. The zero-order valence-electron chi connectivity index (χ0n) is 15.5. The lowest BCUT2D eigenvalue weighted by molar-refractivity contribution is -0.144. The number of nitrogens with two attached hydrogens (primary N) is 1. The Morgan fingerprint density at radius 1 is 1.29 bits per heavy atom. The molecule has 0 radical (unpaired) electrons. The van der Waals surface area contributed by atoms with E-state index in [4.69, 9.17) is 10.5 Å². The number of amides is 2. The number of aliphatic carboxylic acids is 1. The summed E-state index contributed by atoms with van der Waals surface area (Å²) in [7, 11) is 1.60. The van der Waals surface area contributed by atoms with Gasteiger partial charge >= 0.3 is 12.0 Å². The largest absolute Gasteiger partial charge is 0.497 e. The van der Waals surface area contributed by atoms with Crippen LogP contribution in [-0.4, -0.2) is 41.5 Å². The normalized spacial score (nSPS) is 11.6. The number of ketones is 1. The van der Waals surface area contributed by atoms with E-state index in [1.807, 2.05) is 29.6 Å². The Bertz CT molecular complexity index is 819. The Hall–Kier alpha value is -2.94. The van der Waals surface area contributed by atoms with Crippen molar-refractivity contribution in [2.75, 3.05) is 13.7 Å². The molecular weight excluding hydrogens is 382 g/mol. The molecule has 0 bridgehead atoms. The first kappa shape index (κ1) is 21.4. The number of carboxylic acid groups (broad SMARTS) is 1. The van der Waals surface area contributed by atoms with Crippen LogP contribution in [0.1, 0.15) is 25.0 Å². The lowest BCUT2D eigenvalue weighted by Crippen LogP contribution is -2.30. The molecule has 0 aliphatic heterocycles. The number of urea groups is 1. The van der Waals surface area contributed by atoms with Crippen LogP contribution in [0.3, 0.4) is 0 Å². The van der Waals surface area contributed by atoms with E-state index in [0.717, 1.165) is 16.3 Å². The van der Waals surface area contributed by atoms with Crippen molar-refractivity contribution in [2.45, 2.75) is 25.7 Å². The molecule has 2 amide bonds. The number of Topliss-reactive ketones (excluding diaryl/α,β-unsaturated/α-hetero) is 1. The SMILES string of the molecule is COc1ccc(-c2nc(CC(=O)C[C@H](CCCNC(N)=O)C(=O)O)cs2)cc1. The highest BCUT2D eigenvalue weighted by molar-refractivity contribution is 7.13. The molecular formula is C19H23N3O5S. The van der Waals surface area contributed by atoms with Crippen molar-refractivity contribution >= 4 is 29.1 Å². The zero-order valence-corrected chi connectivity index (χ0v) is 16.3. The van der Waals surface area contributed by atoms with Crippen LogP contribution < -0.4 is 15.8 Å². The van der Waals surface area contributed by atoms with Gasteiger partial charge in [-0.1, -0.05) is 0 Å². The van der Waals surface area contributed by atoms with Gasteiger partial charge in [-0.3, -0.25) is 9.59 Å². The van der Waals surface area contributed by atoms with Gasteiger partial charge in [0.1, 0.15) is 16.5 Å². The molecule has 0 aliphatic carbocycles. The number of carbonyl (C=O) groups is 3. The number of ether oxygens (including phenoxy) is 1. The van der Waals surface area contributed by atoms with Crippen molar-refractivity contribution < 1.29 is 24.2 Å². The first-order chi connectivity index (χ1) is 13.4. The fraction of sp³-hybridized carbons (Fsp3) is 0.368. The Labute approximate surface area is 166 Å². The van der Waals surface area contributed by atoms with Crippen LogP contribution in [0.25, 0.3) is 10.6 Å². The van der Waals surface area contributed by atoms with E-state index in [0.29, 0.717) is 12.1 Å². The Morgan fingerprint density at radius 3 is 2.61 bits per heavy atom. The molecule has 4 N–H and O–H groups in total. The van der Waals surface area contributed by atoms with Crippen LogP contribution in [-0.2, 0) is 16.0 Å². The molecule has 2 aromatic rings. The second kappa shape index (κ2) is 10.4. The number of hydrogen-bond acceptors (Lipinski definition) is 6. The van der Waals surface area contributed by atoms with E-state index in [-0.39, 0.29) is 31.6 Å². The average molecular weight is 405 g/mol. The van der Waals surface area contributed by atoms with Gasteiger partial charge in [0.05, 0.1) is 18.7 Å². The molecule has 0 aliphatic rings. The monoisotopic (exact) mass is 405 g/mol. The summed E-state index contributed by atoms with van der Waals surface area (Å²) >= 11 is 1.43. The van der Waals surface area contributed by atoms with E-state index in [2.05, 4.69) is 10.3 Å². The molecule has 9 heteroatoms. The molecule has 8 nitrogen and oxygen atoms in total. The van der Waals surface area contributed by atoms with Crippen molar-refractivity contribution in [1.82, 2.24) is 10.3 Å². The smallest absolute Gasteiger partial charge is 0.312 e. The van der Waals surface area contributed by atoms with Gasteiger partial charge in [-0.25, -0.2) is 9.78 Å². The lowest BCUT2D eigenvalue weighted by Gasteiger charge is -2.11. The number of primary amides is 1. The van der Waals surface area contributed by atoms with Gasteiger partial charge < -0.3 is 20.9 Å². The van der Waals surface area contributed by atoms with Gasteiger partial charge in [0, 0.05) is 30.3 Å². The second-order valence-corrected chi connectivity index (χ2v) is 7.12. The van der Waals surface area contributed by atoms with Crippen molar-refractivity contribution in [1.29, 1.82) is 0 Å². The van der Waals surface area contributed by atoms with Crippen molar-refractivity contribution in [3.8, 4) is 16.3 Å². The van der Waals surface area contributed by atoms with Gasteiger partial charge in [-0.15, -0.1) is 11.3 Å². The van der Waals surface area contributed by atoms with E-state index in [9.17, 15) is 19.5 Å². The number of nitrogens with zero attached hydrogens (tertiary/aromatic N) is 1.